The van der Waals surface area contributed by atoms with Gasteiger partial charge in [0.15, 0.2) is 0 Å². The van der Waals surface area contributed by atoms with Crippen molar-refractivity contribution in [3.63, 3.8) is 0 Å². The first kappa shape index (κ1) is 15.0. The summed E-state index contributed by atoms with van der Waals surface area (Å²) in [4.78, 5) is 4.51. The van der Waals surface area contributed by atoms with E-state index in [4.69, 9.17) is 4.74 Å². The largest absolute Gasteiger partial charge is 0.491 e. The number of aromatic nitrogens is 1. The predicted octanol–water partition coefficient (Wildman–Crippen LogP) is 2.97. The summed E-state index contributed by atoms with van der Waals surface area (Å²) in [5.41, 5.74) is 2.23. The van der Waals surface area contributed by atoms with E-state index in [1.54, 1.807) is 0 Å². The molecule has 18 heavy (non-hydrogen) atoms. The monoisotopic (exact) mass is 250 g/mol. The maximum atomic E-state index is 5.94. The molecule has 0 amide bonds. The van der Waals surface area contributed by atoms with Gasteiger partial charge in [-0.3, -0.25) is 4.98 Å². The molecule has 0 saturated carbocycles. The van der Waals surface area contributed by atoms with Crippen molar-refractivity contribution in [2.24, 2.45) is 5.41 Å². The van der Waals surface area contributed by atoms with Gasteiger partial charge in [0, 0.05) is 17.7 Å². The van der Waals surface area contributed by atoms with Crippen LogP contribution in [-0.2, 0) is 6.42 Å². The van der Waals surface area contributed by atoms with E-state index in [0.29, 0.717) is 6.61 Å². The fourth-order valence-corrected chi connectivity index (χ4v) is 1.77. The minimum Gasteiger partial charge on any atom is -0.491 e. The lowest BCUT2D eigenvalue weighted by atomic mass is 9.95. The van der Waals surface area contributed by atoms with Gasteiger partial charge in [0.25, 0.3) is 0 Å². The van der Waals surface area contributed by atoms with E-state index in [0.717, 1.165) is 36.6 Å². The number of aryl methyl sites for hydroxylation is 2. The van der Waals surface area contributed by atoms with Crippen molar-refractivity contribution in [3.05, 3.63) is 23.5 Å². The maximum Gasteiger partial charge on any atom is 0.140 e. The second-order valence-corrected chi connectivity index (χ2v) is 5.48. The number of rotatable bonds is 7. The van der Waals surface area contributed by atoms with Crippen LogP contribution in [0.1, 0.15) is 39.1 Å². The lowest BCUT2D eigenvalue weighted by Gasteiger charge is -2.25. The molecule has 0 fully saturated rings. The van der Waals surface area contributed by atoms with E-state index in [1.165, 1.54) is 0 Å². The summed E-state index contributed by atoms with van der Waals surface area (Å²) >= 11 is 0. The summed E-state index contributed by atoms with van der Waals surface area (Å²) in [6.07, 6.45) is 0.907. The van der Waals surface area contributed by atoms with Crippen LogP contribution in [0.4, 0.5) is 0 Å². The lowest BCUT2D eigenvalue weighted by Crippen LogP contribution is -2.34. The molecule has 1 heterocycles. The summed E-state index contributed by atoms with van der Waals surface area (Å²) in [6.45, 7) is 13.3. The Morgan fingerprint density at radius 3 is 2.61 bits per heavy atom. The molecule has 0 unspecified atom stereocenters. The van der Waals surface area contributed by atoms with E-state index < -0.39 is 0 Å². The normalized spacial score (nSPS) is 11.6. The highest BCUT2D eigenvalue weighted by Crippen LogP contribution is 2.21. The van der Waals surface area contributed by atoms with E-state index in [2.05, 4.69) is 38.0 Å². The van der Waals surface area contributed by atoms with Crippen molar-refractivity contribution in [1.82, 2.24) is 10.3 Å². The summed E-state index contributed by atoms with van der Waals surface area (Å²) in [7, 11) is 0. The molecule has 0 aliphatic heterocycles. The number of hydrogen-bond acceptors (Lipinski definition) is 3. The zero-order chi connectivity index (χ0) is 13.6. The Balaban J connectivity index is 2.62. The molecule has 0 bridgehead atoms. The molecule has 3 nitrogen and oxygen atoms in total. The van der Waals surface area contributed by atoms with Gasteiger partial charge in [-0.15, -0.1) is 0 Å². The second kappa shape index (κ2) is 6.74. The highest BCUT2D eigenvalue weighted by atomic mass is 16.5. The molecule has 1 aromatic heterocycles. The SMILES string of the molecule is CCNCC(C)(C)COc1ccc(C)nc1CC. The van der Waals surface area contributed by atoms with E-state index in [1.807, 2.05) is 19.1 Å². The van der Waals surface area contributed by atoms with Gasteiger partial charge in [-0.2, -0.15) is 0 Å². The molecule has 0 spiro atoms. The molecular formula is C15H26N2O. The smallest absolute Gasteiger partial charge is 0.140 e. The topological polar surface area (TPSA) is 34.1 Å². The minimum absolute atomic E-state index is 0.131. The van der Waals surface area contributed by atoms with Gasteiger partial charge in [0.05, 0.1) is 12.3 Å². The predicted molar refractivity (Wildman–Crippen MR) is 76.2 cm³/mol. The number of nitrogens with zero attached hydrogens (tertiary/aromatic N) is 1. The Kier molecular flexibility index (Phi) is 5.60. The lowest BCUT2D eigenvalue weighted by molar-refractivity contribution is 0.175. The third kappa shape index (κ3) is 4.65. The quantitative estimate of drug-likeness (QED) is 0.808. The van der Waals surface area contributed by atoms with Gasteiger partial charge in [0.1, 0.15) is 5.75 Å². The average molecular weight is 250 g/mol. The molecule has 1 rings (SSSR count). The van der Waals surface area contributed by atoms with Crippen LogP contribution in [0.2, 0.25) is 0 Å². The van der Waals surface area contributed by atoms with Gasteiger partial charge < -0.3 is 10.1 Å². The fourth-order valence-electron chi connectivity index (χ4n) is 1.77. The van der Waals surface area contributed by atoms with Crippen LogP contribution < -0.4 is 10.1 Å². The van der Waals surface area contributed by atoms with Crippen LogP contribution in [0.5, 0.6) is 5.75 Å². The molecule has 0 aliphatic carbocycles. The van der Waals surface area contributed by atoms with Crippen molar-refractivity contribution >= 4 is 0 Å². The summed E-state index contributed by atoms with van der Waals surface area (Å²) in [5, 5.41) is 3.37. The summed E-state index contributed by atoms with van der Waals surface area (Å²) in [5.74, 6) is 0.924. The molecular weight excluding hydrogens is 224 g/mol. The Labute approximate surface area is 111 Å². The van der Waals surface area contributed by atoms with Crippen molar-refractivity contribution in [1.29, 1.82) is 0 Å². The van der Waals surface area contributed by atoms with Gasteiger partial charge >= 0.3 is 0 Å². The van der Waals surface area contributed by atoms with Crippen molar-refractivity contribution < 1.29 is 4.74 Å². The molecule has 1 N–H and O–H groups in total. The Morgan fingerprint density at radius 2 is 2.00 bits per heavy atom. The van der Waals surface area contributed by atoms with Crippen molar-refractivity contribution in [2.75, 3.05) is 19.7 Å². The Hall–Kier alpha value is -1.09. The molecule has 0 saturated heterocycles. The summed E-state index contributed by atoms with van der Waals surface area (Å²) in [6, 6.07) is 4.04. The van der Waals surface area contributed by atoms with E-state index in [-0.39, 0.29) is 5.41 Å². The molecule has 0 aromatic carbocycles. The molecule has 1 aromatic rings. The zero-order valence-electron chi connectivity index (χ0n) is 12.3. The first-order valence-corrected chi connectivity index (χ1v) is 6.78. The number of hydrogen-bond donors (Lipinski definition) is 1. The van der Waals surface area contributed by atoms with Crippen LogP contribution in [0, 0.1) is 12.3 Å². The fraction of sp³-hybridized carbons (Fsp3) is 0.667. The maximum absolute atomic E-state index is 5.94. The zero-order valence-corrected chi connectivity index (χ0v) is 12.3. The number of pyridine rings is 1. The standard InChI is InChI=1S/C15H26N2O/c1-6-13-14(9-8-12(3)17-13)18-11-15(4,5)10-16-7-2/h8-9,16H,6-7,10-11H2,1-5H3. The molecule has 0 radical (unpaired) electrons. The Bertz CT molecular complexity index is 375. The highest BCUT2D eigenvalue weighted by molar-refractivity contribution is 5.29. The van der Waals surface area contributed by atoms with Crippen LogP contribution in [-0.4, -0.2) is 24.7 Å². The Morgan fingerprint density at radius 1 is 1.28 bits per heavy atom. The second-order valence-electron chi connectivity index (χ2n) is 5.48. The minimum atomic E-state index is 0.131. The first-order chi connectivity index (χ1) is 8.48. The molecule has 0 aliphatic rings. The van der Waals surface area contributed by atoms with Crippen LogP contribution >= 0.6 is 0 Å². The first-order valence-electron chi connectivity index (χ1n) is 6.78. The third-order valence-electron chi connectivity index (χ3n) is 2.88. The molecule has 3 heteroatoms. The number of ether oxygens (including phenoxy) is 1. The highest BCUT2D eigenvalue weighted by Gasteiger charge is 2.19. The van der Waals surface area contributed by atoms with Gasteiger partial charge in [-0.05, 0) is 32.0 Å². The van der Waals surface area contributed by atoms with Gasteiger partial charge in [-0.25, -0.2) is 0 Å². The molecule has 102 valence electrons. The van der Waals surface area contributed by atoms with Crippen LogP contribution in [0.3, 0.4) is 0 Å². The van der Waals surface area contributed by atoms with Crippen LogP contribution in [0.15, 0.2) is 12.1 Å². The van der Waals surface area contributed by atoms with Crippen LogP contribution in [0.25, 0.3) is 0 Å². The third-order valence-corrected chi connectivity index (χ3v) is 2.88. The molecule has 0 atom stereocenters. The van der Waals surface area contributed by atoms with E-state index >= 15 is 0 Å². The van der Waals surface area contributed by atoms with Gasteiger partial charge in [-0.1, -0.05) is 27.7 Å². The summed E-state index contributed by atoms with van der Waals surface area (Å²) < 4.78 is 5.94. The van der Waals surface area contributed by atoms with E-state index in [9.17, 15) is 0 Å². The van der Waals surface area contributed by atoms with Crippen molar-refractivity contribution in [3.8, 4) is 5.75 Å². The van der Waals surface area contributed by atoms with Crippen molar-refractivity contribution in [2.45, 2.75) is 41.0 Å². The van der Waals surface area contributed by atoms with Gasteiger partial charge in [0.2, 0.25) is 0 Å². The average Bonchev–Trinajstić information content (AvgIpc) is 2.35. The number of nitrogens with one attached hydrogen (secondary N) is 1.